The highest BCUT2D eigenvalue weighted by Crippen LogP contribution is 2.23. The number of fused-ring (bicyclic) bond motifs is 1. The molecule has 0 radical (unpaired) electrons. The number of anilines is 1. The lowest BCUT2D eigenvalue weighted by Gasteiger charge is -2.15. The molecule has 2 aromatic carbocycles. The fraction of sp³-hybridized carbons (Fsp3) is 0.176. The molecule has 0 atom stereocenters. The number of nitrogens with one attached hydrogen (secondary N) is 1. The van der Waals surface area contributed by atoms with Crippen LogP contribution in [0.3, 0.4) is 0 Å². The highest BCUT2D eigenvalue weighted by Gasteiger charge is 2.35. The molecule has 25 heavy (non-hydrogen) atoms. The van der Waals surface area contributed by atoms with E-state index < -0.39 is 21.8 Å². The topological polar surface area (TPSA) is 83.6 Å². The third-order valence-corrected chi connectivity index (χ3v) is 5.40. The molecular weight excluding hydrogens is 364 g/mol. The number of amides is 2. The van der Waals surface area contributed by atoms with Crippen molar-refractivity contribution in [1.82, 2.24) is 4.90 Å². The van der Waals surface area contributed by atoms with E-state index in [1.54, 1.807) is 49.4 Å². The Morgan fingerprint density at radius 3 is 2.20 bits per heavy atom. The van der Waals surface area contributed by atoms with Crippen LogP contribution in [0.1, 0.15) is 26.3 Å². The molecule has 130 valence electrons. The van der Waals surface area contributed by atoms with E-state index in [1.165, 1.54) is 0 Å². The van der Waals surface area contributed by atoms with Crippen molar-refractivity contribution < 1.29 is 18.0 Å². The van der Waals surface area contributed by atoms with Gasteiger partial charge in [0.15, 0.2) is 0 Å². The molecule has 0 saturated carbocycles. The quantitative estimate of drug-likeness (QED) is 0.811. The van der Waals surface area contributed by atoms with E-state index >= 15 is 0 Å². The average molecular weight is 379 g/mol. The van der Waals surface area contributed by atoms with E-state index in [4.69, 9.17) is 11.6 Å². The first-order valence-electron chi connectivity index (χ1n) is 7.50. The number of halogens is 1. The van der Waals surface area contributed by atoms with Crippen LogP contribution in [0.2, 0.25) is 5.02 Å². The molecule has 1 heterocycles. The fourth-order valence-electron chi connectivity index (χ4n) is 2.61. The molecule has 3 rings (SSSR count). The molecule has 0 spiro atoms. The Balaban J connectivity index is 1.71. The van der Waals surface area contributed by atoms with Gasteiger partial charge in [-0.3, -0.25) is 19.2 Å². The van der Waals surface area contributed by atoms with Crippen LogP contribution in [0.15, 0.2) is 42.5 Å². The molecule has 6 nitrogen and oxygen atoms in total. The van der Waals surface area contributed by atoms with E-state index in [0.29, 0.717) is 27.4 Å². The van der Waals surface area contributed by atoms with Crippen molar-refractivity contribution in [3.8, 4) is 0 Å². The van der Waals surface area contributed by atoms with E-state index in [0.717, 1.165) is 4.90 Å². The fourth-order valence-corrected chi connectivity index (χ4v) is 3.93. The zero-order chi connectivity index (χ0) is 18.2. The molecule has 2 aromatic rings. The Morgan fingerprint density at radius 2 is 1.64 bits per heavy atom. The van der Waals surface area contributed by atoms with Gasteiger partial charge < -0.3 is 0 Å². The molecule has 1 aliphatic heterocycles. The monoisotopic (exact) mass is 378 g/mol. The van der Waals surface area contributed by atoms with Gasteiger partial charge in [0, 0.05) is 11.6 Å². The van der Waals surface area contributed by atoms with E-state index in [-0.39, 0.29) is 12.3 Å². The summed E-state index contributed by atoms with van der Waals surface area (Å²) in [7, 11) is -3.73. The standard InChI is InChI=1S/C17H15ClN2O4S/c1-11-10-12(18)6-7-15(11)19-25(23,24)9-8-20-16(21)13-4-2-3-5-14(13)17(20)22/h2-7,10,19H,8-9H2,1H3. The summed E-state index contributed by atoms with van der Waals surface area (Å²) in [6.45, 7) is 1.52. The number of rotatable bonds is 5. The largest absolute Gasteiger partial charge is 0.283 e. The first kappa shape index (κ1) is 17.4. The van der Waals surface area contributed by atoms with Crippen molar-refractivity contribution in [3.05, 3.63) is 64.2 Å². The van der Waals surface area contributed by atoms with Gasteiger partial charge in [-0.05, 0) is 42.8 Å². The SMILES string of the molecule is Cc1cc(Cl)ccc1NS(=O)(=O)CCN1C(=O)c2ccccc2C1=O. The number of aryl methyl sites for hydroxylation is 1. The lowest BCUT2D eigenvalue weighted by atomic mass is 10.1. The molecule has 1 aliphatic rings. The predicted octanol–water partition coefficient (Wildman–Crippen LogP) is 2.69. The summed E-state index contributed by atoms with van der Waals surface area (Å²) < 4.78 is 27.0. The zero-order valence-electron chi connectivity index (χ0n) is 13.3. The van der Waals surface area contributed by atoms with Crippen LogP contribution in [-0.4, -0.2) is 37.4 Å². The van der Waals surface area contributed by atoms with Gasteiger partial charge in [-0.15, -0.1) is 0 Å². The lowest BCUT2D eigenvalue weighted by molar-refractivity contribution is 0.0664. The van der Waals surface area contributed by atoms with Crippen LogP contribution >= 0.6 is 11.6 Å². The Kier molecular flexibility index (Phi) is 4.53. The van der Waals surface area contributed by atoms with Gasteiger partial charge >= 0.3 is 0 Å². The summed E-state index contributed by atoms with van der Waals surface area (Å²) in [5, 5.41) is 0.506. The smallest absolute Gasteiger partial charge is 0.261 e. The molecule has 1 N–H and O–H groups in total. The third kappa shape index (κ3) is 3.52. The van der Waals surface area contributed by atoms with Gasteiger partial charge in [0.25, 0.3) is 11.8 Å². The summed E-state index contributed by atoms with van der Waals surface area (Å²) in [5.41, 5.74) is 1.68. The second-order valence-electron chi connectivity index (χ2n) is 5.69. The number of nitrogens with zero attached hydrogens (tertiary/aromatic N) is 1. The zero-order valence-corrected chi connectivity index (χ0v) is 14.9. The summed E-state index contributed by atoms with van der Waals surface area (Å²) >= 11 is 5.85. The number of carbonyl (C=O) groups is 2. The third-order valence-electron chi connectivity index (χ3n) is 3.92. The van der Waals surface area contributed by atoms with E-state index in [9.17, 15) is 18.0 Å². The minimum Gasteiger partial charge on any atom is -0.283 e. The minimum atomic E-state index is -3.73. The van der Waals surface area contributed by atoms with Gasteiger partial charge in [-0.1, -0.05) is 23.7 Å². The van der Waals surface area contributed by atoms with Crippen molar-refractivity contribution in [3.63, 3.8) is 0 Å². The maximum Gasteiger partial charge on any atom is 0.261 e. The highest BCUT2D eigenvalue weighted by molar-refractivity contribution is 7.92. The second-order valence-corrected chi connectivity index (χ2v) is 7.97. The van der Waals surface area contributed by atoms with Crippen molar-refractivity contribution in [2.75, 3.05) is 17.0 Å². The summed E-state index contributed by atoms with van der Waals surface area (Å²) in [4.78, 5) is 25.5. The summed E-state index contributed by atoms with van der Waals surface area (Å²) in [6, 6.07) is 11.2. The average Bonchev–Trinajstić information content (AvgIpc) is 2.80. The number of sulfonamides is 1. The van der Waals surface area contributed by atoms with Crippen molar-refractivity contribution in [2.24, 2.45) is 0 Å². The molecule has 0 aliphatic carbocycles. The molecule has 0 aromatic heterocycles. The molecule has 0 bridgehead atoms. The van der Waals surface area contributed by atoms with Gasteiger partial charge in [-0.25, -0.2) is 8.42 Å². The number of benzene rings is 2. The van der Waals surface area contributed by atoms with E-state index in [1.807, 2.05) is 0 Å². The van der Waals surface area contributed by atoms with E-state index in [2.05, 4.69) is 4.72 Å². The van der Waals surface area contributed by atoms with Crippen LogP contribution < -0.4 is 4.72 Å². The number of hydrogen-bond acceptors (Lipinski definition) is 4. The maximum atomic E-state index is 12.3. The lowest BCUT2D eigenvalue weighted by Crippen LogP contribution is -2.35. The van der Waals surface area contributed by atoms with Crippen LogP contribution in [0, 0.1) is 6.92 Å². The Labute approximate surface area is 150 Å². The second kappa shape index (κ2) is 6.50. The Bertz CT molecular complexity index is 937. The normalized spacial score (nSPS) is 13.9. The minimum absolute atomic E-state index is 0.214. The van der Waals surface area contributed by atoms with Crippen LogP contribution in [0.25, 0.3) is 0 Å². The first-order chi connectivity index (χ1) is 11.8. The Morgan fingerprint density at radius 1 is 1.04 bits per heavy atom. The molecule has 8 heteroatoms. The number of carbonyl (C=O) groups excluding carboxylic acids is 2. The van der Waals surface area contributed by atoms with Crippen molar-refractivity contribution in [1.29, 1.82) is 0 Å². The molecule has 0 unspecified atom stereocenters. The maximum absolute atomic E-state index is 12.3. The molecule has 2 amide bonds. The highest BCUT2D eigenvalue weighted by atomic mass is 35.5. The van der Waals surface area contributed by atoms with Gasteiger partial charge in [0.1, 0.15) is 0 Å². The first-order valence-corrected chi connectivity index (χ1v) is 9.53. The Hall–Kier alpha value is -2.38. The van der Waals surface area contributed by atoms with Gasteiger partial charge in [0.2, 0.25) is 10.0 Å². The summed E-state index contributed by atoms with van der Waals surface area (Å²) in [5.74, 6) is -1.34. The van der Waals surface area contributed by atoms with Crippen LogP contribution in [-0.2, 0) is 10.0 Å². The number of hydrogen-bond donors (Lipinski definition) is 1. The molecule has 0 saturated heterocycles. The molecular formula is C17H15ClN2O4S. The van der Waals surface area contributed by atoms with Gasteiger partial charge in [-0.2, -0.15) is 0 Å². The van der Waals surface area contributed by atoms with Gasteiger partial charge in [0.05, 0.1) is 22.6 Å². The molecule has 0 fully saturated rings. The van der Waals surface area contributed by atoms with Crippen molar-refractivity contribution >= 4 is 39.1 Å². The van der Waals surface area contributed by atoms with Crippen molar-refractivity contribution in [2.45, 2.75) is 6.92 Å². The predicted molar refractivity (Wildman–Crippen MR) is 95.4 cm³/mol. The number of imide groups is 1. The van der Waals surface area contributed by atoms with Crippen LogP contribution in [0.5, 0.6) is 0 Å². The van der Waals surface area contributed by atoms with Crippen LogP contribution in [0.4, 0.5) is 5.69 Å². The summed E-state index contributed by atoms with van der Waals surface area (Å²) in [6.07, 6.45) is 0.